The fourth-order valence-electron chi connectivity index (χ4n) is 3.11. The molecular weight excluding hydrogens is 212 g/mol. The Morgan fingerprint density at radius 1 is 1.35 bits per heavy atom. The predicted octanol–water partition coefficient (Wildman–Crippen LogP) is 1.88. The maximum atomic E-state index is 5.75. The van der Waals surface area contributed by atoms with Crippen molar-refractivity contribution < 1.29 is 4.74 Å². The average Bonchev–Trinajstić information content (AvgIpc) is 2.73. The van der Waals surface area contributed by atoms with E-state index in [1.807, 2.05) is 0 Å². The van der Waals surface area contributed by atoms with E-state index in [0.29, 0.717) is 6.04 Å². The summed E-state index contributed by atoms with van der Waals surface area (Å²) in [6.45, 7) is 12.6. The molecule has 2 saturated heterocycles. The fourth-order valence-corrected chi connectivity index (χ4v) is 3.11. The van der Waals surface area contributed by atoms with Crippen LogP contribution in [0.3, 0.4) is 0 Å². The molecule has 2 unspecified atom stereocenters. The van der Waals surface area contributed by atoms with Crippen molar-refractivity contribution in [2.24, 2.45) is 5.92 Å². The summed E-state index contributed by atoms with van der Waals surface area (Å²) < 4.78 is 5.75. The Morgan fingerprint density at radius 2 is 2.18 bits per heavy atom. The lowest BCUT2D eigenvalue weighted by Gasteiger charge is -2.36. The summed E-state index contributed by atoms with van der Waals surface area (Å²) in [5, 5.41) is 3.76. The van der Waals surface area contributed by atoms with Crippen molar-refractivity contribution in [3.63, 3.8) is 0 Å². The molecular formula is C14H28N2O. The molecule has 0 aromatic heterocycles. The van der Waals surface area contributed by atoms with Gasteiger partial charge in [0.15, 0.2) is 0 Å². The van der Waals surface area contributed by atoms with Gasteiger partial charge in [0.25, 0.3) is 0 Å². The van der Waals surface area contributed by atoms with E-state index in [1.54, 1.807) is 0 Å². The summed E-state index contributed by atoms with van der Waals surface area (Å²) in [4.78, 5) is 2.56. The van der Waals surface area contributed by atoms with Crippen LogP contribution in [0, 0.1) is 5.92 Å². The van der Waals surface area contributed by atoms with Crippen LogP contribution < -0.4 is 5.32 Å². The van der Waals surface area contributed by atoms with Crippen molar-refractivity contribution in [2.75, 3.05) is 32.8 Å². The van der Waals surface area contributed by atoms with Gasteiger partial charge in [0.2, 0.25) is 0 Å². The molecule has 2 fully saturated rings. The monoisotopic (exact) mass is 240 g/mol. The third-order valence-electron chi connectivity index (χ3n) is 4.21. The largest absolute Gasteiger partial charge is 0.375 e. The normalized spacial score (nSPS) is 34.1. The summed E-state index contributed by atoms with van der Waals surface area (Å²) in [6.07, 6.45) is 3.69. The minimum absolute atomic E-state index is 0.0705. The smallest absolute Gasteiger partial charge is 0.0641 e. The first-order valence-electron chi connectivity index (χ1n) is 7.19. The number of hydrogen-bond acceptors (Lipinski definition) is 3. The molecule has 2 atom stereocenters. The van der Waals surface area contributed by atoms with Gasteiger partial charge >= 0.3 is 0 Å². The molecule has 2 rings (SSSR count). The zero-order valence-electron chi connectivity index (χ0n) is 11.7. The first-order chi connectivity index (χ1) is 8.09. The lowest BCUT2D eigenvalue weighted by atomic mass is 9.93. The molecule has 17 heavy (non-hydrogen) atoms. The number of nitrogens with zero attached hydrogens (tertiary/aromatic N) is 1. The third-order valence-corrected chi connectivity index (χ3v) is 4.21. The first kappa shape index (κ1) is 13.3. The van der Waals surface area contributed by atoms with Crippen LogP contribution in [-0.4, -0.2) is 49.3 Å². The highest BCUT2D eigenvalue weighted by molar-refractivity contribution is 4.85. The molecule has 1 N–H and O–H groups in total. The van der Waals surface area contributed by atoms with E-state index in [-0.39, 0.29) is 5.60 Å². The zero-order valence-corrected chi connectivity index (χ0v) is 11.7. The molecule has 0 bridgehead atoms. The van der Waals surface area contributed by atoms with E-state index in [2.05, 4.69) is 31.0 Å². The Hall–Kier alpha value is -0.120. The van der Waals surface area contributed by atoms with Crippen molar-refractivity contribution in [2.45, 2.75) is 51.7 Å². The molecule has 3 nitrogen and oxygen atoms in total. The van der Waals surface area contributed by atoms with Crippen LogP contribution in [0.2, 0.25) is 0 Å². The maximum Gasteiger partial charge on any atom is 0.0641 e. The zero-order chi connectivity index (χ0) is 12.3. The second-order valence-corrected chi connectivity index (χ2v) is 6.25. The Balaban J connectivity index is 1.68. The Kier molecular flexibility index (Phi) is 4.45. The van der Waals surface area contributed by atoms with Crippen molar-refractivity contribution in [3.05, 3.63) is 0 Å². The topological polar surface area (TPSA) is 24.5 Å². The maximum absolute atomic E-state index is 5.75. The van der Waals surface area contributed by atoms with E-state index >= 15 is 0 Å². The number of likely N-dealkylation sites (tertiary alicyclic amines) is 1. The van der Waals surface area contributed by atoms with Crippen LogP contribution >= 0.6 is 0 Å². The molecule has 0 radical (unpaired) electrons. The summed E-state index contributed by atoms with van der Waals surface area (Å²) in [6, 6.07) is 0.662. The van der Waals surface area contributed by atoms with E-state index in [0.717, 1.165) is 18.9 Å². The second-order valence-electron chi connectivity index (χ2n) is 6.25. The van der Waals surface area contributed by atoms with Gasteiger partial charge in [-0.1, -0.05) is 6.92 Å². The molecule has 2 aliphatic heterocycles. The summed E-state index contributed by atoms with van der Waals surface area (Å²) in [7, 11) is 0. The SMILES string of the molecule is CCN1CCC(CNC2CCOC(C)(C)C2)C1. The highest BCUT2D eigenvalue weighted by Gasteiger charge is 2.29. The van der Waals surface area contributed by atoms with Crippen molar-refractivity contribution in [3.8, 4) is 0 Å². The lowest BCUT2D eigenvalue weighted by molar-refractivity contribution is -0.0631. The van der Waals surface area contributed by atoms with Gasteiger partial charge in [-0.2, -0.15) is 0 Å². The highest BCUT2D eigenvalue weighted by atomic mass is 16.5. The molecule has 0 amide bonds. The number of ether oxygens (including phenoxy) is 1. The standard InChI is InChI=1S/C14H28N2O/c1-4-16-7-5-12(11-16)10-15-13-6-8-17-14(2,3)9-13/h12-13,15H,4-11H2,1-3H3. The summed E-state index contributed by atoms with van der Waals surface area (Å²) >= 11 is 0. The van der Waals surface area contributed by atoms with Gasteiger partial charge in [0.1, 0.15) is 0 Å². The van der Waals surface area contributed by atoms with Gasteiger partial charge in [-0.05, 0) is 58.7 Å². The van der Waals surface area contributed by atoms with Crippen molar-refractivity contribution in [1.29, 1.82) is 0 Å². The van der Waals surface area contributed by atoms with Crippen LogP contribution in [0.25, 0.3) is 0 Å². The van der Waals surface area contributed by atoms with Crippen molar-refractivity contribution in [1.82, 2.24) is 10.2 Å². The quantitative estimate of drug-likeness (QED) is 0.812. The molecule has 0 aromatic carbocycles. The van der Waals surface area contributed by atoms with Gasteiger partial charge in [-0.25, -0.2) is 0 Å². The number of nitrogens with one attached hydrogen (secondary N) is 1. The van der Waals surface area contributed by atoms with Crippen LogP contribution in [0.1, 0.15) is 40.0 Å². The number of hydrogen-bond donors (Lipinski definition) is 1. The Bertz CT molecular complexity index is 242. The summed E-state index contributed by atoms with van der Waals surface area (Å²) in [5.74, 6) is 0.862. The van der Waals surface area contributed by atoms with E-state index in [1.165, 1.54) is 39.0 Å². The van der Waals surface area contributed by atoms with Gasteiger partial charge < -0.3 is 15.0 Å². The van der Waals surface area contributed by atoms with E-state index in [9.17, 15) is 0 Å². The minimum Gasteiger partial charge on any atom is -0.375 e. The van der Waals surface area contributed by atoms with Gasteiger partial charge in [0.05, 0.1) is 5.60 Å². The molecule has 0 aromatic rings. The van der Waals surface area contributed by atoms with Crippen LogP contribution in [0.15, 0.2) is 0 Å². The van der Waals surface area contributed by atoms with Crippen molar-refractivity contribution >= 4 is 0 Å². The molecule has 2 aliphatic rings. The van der Waals surface area contributed by atoms with Gasteiger partial charge in [-0.3, -0.25) is 0 Å². The Labute approximate surface area is 106 Å². The first-order valence-corrected chi connectivity index (χ1v) is 7.19. The van der Waals surface area contributed by atoms with Crippen LogP contribution in [0.5, 0.6) is 0 Å². The summed E-state index contributed by atoms with van der Waals surface area (Å²) in [5.41, 5.74) is 0.0705. The number of rotatable bonds is 4. The van der Waals surface area contributed by atoms with Gasteiger partial charge in [-0.15, -0.1) is 0 Å². The molecule has 0 saturated carbocycles. The van der Waals surface area contributed by atoms with Gasteiger partial charge in [0, 0.05) is 19.2 Å². The van der Waals surface area contributed by atoms with E-state index in [4.69, 9.17) is 4.74 Å². The third kappa shape index (κ3) is 3.94. The molecule has 0 aliphatic carbocycles. The fraction of sp³-hybridized carbons (Fsp3) is 1.00. The average molecular weight is 240 g/mol. The molecule has 2 heterocycles. The predicted molar refractivity (Wildman–Crippen MR) is 71.3 cm³/mol. The van der Waals surface area contributed by atoms with Crippen LogP contribution in [0.4, 0.5) is 0 Å². The minimum atomic E-state index is 0.0705. The highest BCUT2D eigenvalue weighted by Crippen LogP contribution is 2.24. The van der Waals surface area contributed by atoms with Crippen LogP contribution in [-0.2, 0) is 4.74 Å². The molecule has 100 valence electrons. The molecule has 0 spiro atoms. The molecule has 3 heteroatoms. The van der Waals surface area contributed by atoms with E-state index < -0.39 is 0 Å². The Morgan fingerprint density at radius 3 is 2.82 bits per heavy atom. The lowest BCUT2D eigenvalue weighted by Crippen LogP contribution is -2.45. The second kappa shape index (κ2) is 5.68.